The Labute approximate surface area is 121 Å². The summed E-state index contributed by atoms with van der Waals surface area (Å²) in [7, 11) is 0. The van der Waals surface area contributed by atoms with Crippen LogP contribution in [0.15, 0.2) is 0 Å². The van der Waals surface area contributed by atoms with Crippen LogP contribution in [-0.4, -0.2) is 66.7 Å². The van der Waals surface area contributed by atoms with Gasteiger partial charge in [-0.3, -0.25) is 9.69 Å². The zero-order valence-electron chi connectivity index (χ0n) is 11.9. The number of hydrogen-bond donors (Lipinski definition) is 1. The van der Waals surface area contributed by atoms with Crippen molar-refractivity contribution >= 4 is 18.3 Å². The third kappa shape index (κ3) is 4.31. The summed E-state index contributed by atoms with van der Waals surface area (Å²) in [6.07, 6.45) is 2.56. The normalized spacial score (nSPS) is 32.2. The molecule has 0 aromatic heterocycles. The van der Waals surface area contributed by atoms with Gasteiger partial charge >= 0.3 is 0 Å². The molecule has 0 aromatic carbocycles. The Morgan fingerprint density at radius 2 is 1.95 bits per heavy atom. The molecule has 6 heteroatoms. The van der Waals surface area contributed by atoms with Gasteiger partial charge in [-0.1, -0.05) is 0 Å². The first-order valence-electron chi connectivity index (χ1n) is 6.97. The largest absolute Gasteiger partial charge is 0.372 e. The lowest BCUT2D eigenvalue weighted by molar-refractivity contribution is -0.144. The van der Waals surface area contributed by atoms with Gasteiger partial charge in [-0.2, -0.15) is 0 Å². The molecule has 19 heavy (non-hydrogen) atoms. The molecule has 0 aromatic rings. The van der Waals surface area contributed by atoms with Gasteiger partial charge in [0.15, 0.2) is 0 Å². The summed E-state index contributed by atoms with van der Waals surface area (Å²) in [5.41, 5.74) is 5.74. The Kier molecular flexibility index (Phi) is 6.53. The van der Waals surface area contributed by atoms with Crippen molar-refractivity contribution in [3.8, 4) is 0 Å². The van der Waals surface area contributed by atoms with E-state index in [4.69, 9.17) is 10.5 Å². The van der Waals surface area contributed by atoms with Crippen LogP contribution < -0.4 is 5.73 Å². The van der Waals surface area contributed by atoms with Crippen LogP contribution in [0.5, 0.6) is 0 Å². The Hall–Kier alpha value is -0.360. The Balaban J connectivity index is 0.00000180. The maximum Gasteiger partial charge on any atom is 0.236 e. The molecule has 0 aliphatic carbocycles. The predicted octanol–water partition coefficient (Wildman–Crippen LogP) is 0.467. The molecule has 2 saturated heterocycles. The molecule has 2 rings (SSSR count). The number of likely N-dealkylation sites (tertiary alicyclic amines) is 1. The average molecular weight is 292 g/mol. The molecular weight excluding hydrogens is 266 g/mol. The molecule has 0 saturated carbocycles. The number of rotatable bonds is 3. The summed E-state index contributed by atoms with van der Waals surface area (Å²) in [5, 5.41) is 0. The highest BCUT2D eigenvalue weighted by molar-refractivity contribution is 5.85. The Morgan fingerprint density at radius 1 is 1.32 bits per heavy atom. The van der Waals surface area contributed by atoms with Crippen LogP contribution in [0.1, 0.15) is 26.7 Å². The molecule has 2 aliphatic rings. The topological polar surface area (TPSA) is 58.8 Å². The number of carbonyl (C=O) groups is 1. The number of halogens is 1. The fourth-order valence-corrected chi connectivity index (χ4v) is 3.03. The Bertz CT molecular complexity index is 294. The number of ether oxygens (including phenoxy) is 1. The molecule has 112 valence electrons. The fraction of sp³-hybridized carbons (Fsp3) is 0.923. The van der Waals surface area contributed by atoms with Crippen molar-refractivity contribution in [2.75, 3.05) is 32.7 Å². The second-order valence-corrected chi connectivity index (χ2v) is 5.56. The van der Waals surface area contributed by atoms with Gasteiger partial charge < -0.3 is 15.4 Å². The van der Waals surface area contributed by atoms with Crippen LogP contribution >= 0.6 is 12.4 Å². The lowest BCUT2D eigenvalue weighted by Crippen LogP contribution is -2.52. The number of hydrogen-bond acceptors (Lipinski definition) is 4. The first-order valence-corrected chi connectivity index (χ1v) is 6.97. The van der Waals surface area contributed by atoms with Gasteiger partial charge in [0.05, 0.1) is 18.8 Å². The fourth-order valence-electron chi connectivity index (χ4n) is 3.03. The molecule has 2 aliphatic heterocycles. The van der Waals surface area contributed by atoms with Crippen molar-refractivity contribution in [2.24, 2.45) is 5.73 Å². The average Bonchev–Trinajstić information content (AvgIpc) is 2.75. The van der Waals surface area contributed by atoms with Gasteiger partial charge in [0, 0.05) is 25.7 Å². The highest BCUT2D eigenvalue weighted by Gasteiger charge is 2.30. The number of carbonyl (C=O) groups excluding carboxylic acids is 1. The highest BCUT2D eigenvalue weighted by Crippen LogP contribution is 2.17. The first-order chi connectivity index (χ1) is 8.60. The molecule has 3 atom stereocenters. The first kappa shape index (κ1) is 16.7. The Morgan fingerprint density at radius 3 is 2.53 bits per heavy atom. The van der Waals surface area contributed by atoms with E-state index in [2.05, 4.69) is 4.90 Å². The summed E-state index contributed by atoms with van der Waals surface area (Å²) in [6, 6.07) is 0.393. The summed E-state index contributed by atoms with van der Waals surface area (Å²) >= 11 is 0. The molecule has 0 spiro atoms. The van der Waals surface area contributed by atoms with Gasteiger partial charge in [-0.25, -0.2) is 0 Å². The van der Waals surface area contributed by atoms with Crippen LogP contribution in [0.25, 0.3) is 0 Å². The summed E-state index contributed by atoms with van der Waals surface area (Å²) in [4.78, 5) is 16.5. The van der Waals surface area contributed by atoms with Gasteiger partial charge in [0.2, 0.25) is 5.91 Å². The van der Waals surface area contributed by atoms with Gasteiger partial charge in [-0.05, 0) is 33.2 Å². The number of morpholine rings is 1. The van der Waals surface area contributed by atoms with Crippen LogP contribution in [0.3, 0.4) is 0 Å². The number of amides is 1. The predicted molar refractivity (Wildman–Crippen MR) is 77.5 cm³/mol. The van der Waals surface area contributed by atoms with Crippen molar-refractivity contribution in [3.63, 3.8) is 0 Å². The third-order valence-corrected chi connectivity index (χ3v) is 3.88. The smallest absolute Gasteiger partial charge is 0.236 e. The molecular formula is C13H26ClN3O2. The van der Waals surface area contributed by atoms with E-state index >= 15 is 0 Å². The zero-order chi connectivity index (χ0) is 13.1. The zero-order valence-corrected chi connectivity index (χ0v) is 12.7. The standard InChI is InChI=1S/C13H25N3O2.ClH/c1-10-7-16(8-11(2)18-10)13(17)9-15-5-3-4-12(15)6-14;/h10-12H,3-9,14H2,1-2H3;1H. The summed E-state index contributed by atoms with van der Waals surface area (Å²) in [6.45, 7) is 7.64. The van der Waals surface area contributed by atoms with E-state index < -0.39 is 0 Å². The van der Waals surface area contributed by atoms with Crippen LogP contribution in [-0.2, 0) is 9.53 Å². The third-order valence-electron chi connectivity index (χ3n) is 3.88. The van der Waals surface area contributed by atoms with Crippen molar-refractivity contribution in [1.82, 2.24) is 9.80 Å². The second-order valence-electron chi connectivity index (χ2n) is 5.56. The molecule has 1 amide bonds. The SMILES string of the molecule is CC1CN(C(=O)CN2CCCC2CN)CC(C)O1.Cl. The minimum atomic E-state index is 0. The van der Waals surface area contributed by atoms with E-state index in [1.54, 1.807) is 0 Å². The summed E-state index contributed by atoms with van der Waals surface area (Å²) < 4.78 is 5.65. The maximum absolute atomic E-state index is 12.3. The van der Waals surface area contributed by atoms with E-state index in [0.717, 1.165) is 19.4 Å². The molecule has 0 radical (unpaired) electrons. The van der Waals surface area contributed by atoms with Crippen molar-refractivity contribution in [2.45, 2.75) is 44.9 Å². The van der Waals surface area contributed by atoms with Crippen molar-refractivity contribution in [1.29, 1.82) is 0 Å². The number of nitrogens with zero attached hydrogens (tertiary/aromatic N) is 2. The summed E-state index contributed by atoms with van der Waals surface area (Å²) in [5.74, 6) is 0.220. The highest BCUT2D eigenvalue weighted by atomic mass is 35.5. The minimum Gasteiger partial charge on any atom is -0.372 e. The van der Waals surface area contributed by atoms with E-state index in [1.807, 2.05) is 18.7 Å². The monoisotopic (exact) mass is 291 g/mol. The van der Waals surface area contributed by atoms with Gasteiger partial charge in [-0.15, -0.1) is 12.4 Å². The maximum atomic E-state index is 12.3. The molecule has 2 heterocycles. The minimum absolute atomic E-state index is 0. The van der Waals surface area contributed by atoms with E-state index in [9.17, 15) is 4.79 Å². The van der Waals surface area contributed by atoms with E-state index in [1.165, 1.54) is 0 Å². The van der Waals surface area contributed by atoms with E-state index in [0.29, 0.717) is 32.2 Å². The van der Waals surface area contributed by atoms with Crippen molar-refractivity contribution in [3.05, 3.63) is 0 Å². The van der Waals surface area contributed by atoms with Crippen LogP contribution in [0, 0.1) is 0 Å². The van der Waals surface area contributed by atoms with Crippen molar-refractivity contribution < 1.29 is 9.53 Å². The lowest BCUT2D eigenvalue weighted by atomic mass is 10.2. The van der Waals surface area contributed by atoms with Gasteiger partial charge in [0.25, 0.3) is 0 Å². The molecule has 5 nitrogen and oxygen atoms in total. The van der Waals surface area contributed by atoms with Crippen LogP contribution in [0.4, 0.5) is 0 Å². The molecule has 3 unspecified atom stereocenters. The van der Waals surface area contributed by atoms with Gasteiger partial charge in [0.1, 0.15) is 0 Å². The quantitative estimate of drug-likeness (QED) is 0.821. The molecule has 0 bridgehead atoms. The second kappa shape index (κ2) is 7.43. The number of nitrogens with two attached hydrogens (primary N) is 1. The molecule has 2 N–H and O–H groups in total. The van der Waals surface area contributed by atoms with E-state index in [-0.39, 0.29) is 30.5 Å². The van der Waals surface area contributed by atoms with Crippen LogP contribution in [0.2, 0.25) is 0 Å². The lowest BCUT2D eigenvalue weighted by Gasteiger charge is -2.36. The molecule has 2 fully saturated rings.